The maximum Gasteiger partial charge on any atom is 0.224 e. The number of benzene rings is 1. The number of halogens is 1. The second-order valence-corrected chi connectivity index (χ2v) is 7.02. The summed E-state index contributed by atoms with van der Waals surface area (Å²) in [5.41, 5.74) is 7.70. The van der Waals surface area contributed by atoms with E-state index in [9.17, 15) is 4.79 Å². The van der Waals surface area contributed by atoms with Gasteiger partial charge in [0.25, 0.3) is 0 Å². The summed E-state index contributed by atoms with van der Waals surface area (Å²) >= 11 is 1.68. The van der Waals surface area contributed by atoms with E-state index in [1.54, 1.807) is 11.3 Å². The van der Waals surface area contributed by atoms with Gasteiger partial charge in [-0.25, -0.2) is 4.98 Å². The van der Waals surface area contributed by atoms with E-state index in [4.69, 9.17) is 10.7 Å². The molecule has 1 aliphatic rings. The number of nitrogens with two attached hydrogens (primary N) is 1. The van der Waals surface area contributed by atoms with Gasteiger partial charge in [-0.15, -0.1) is 23.7 Å². The fraction of sp³-hybridized carbons (Fsp3) is 0.444. The summed E-state index contributed by atoms with van der Waals surface area (Å²) in [6, 6.07) is 10.3. The smallest absolute Gasteiger partial charge is 0.224 e. The molecule has 136 valence electrons. The van der Waals surface area contributed by atoms with E-state index in [-0.39, 0.29) is 24.2 Å². The minimum Gasteiger partial charge on any atom is -0.355 e. The Morgan fingerprint density at radius 3 is 2.92 bits per heavy atom. The first kappa shape index (κ1) is 19.8. The van der Waals surface area contributed by atoms with E-state index < -0.39 is 0 Å². The van der Waals surface area contributed by atoms with Crippen LogP contribution in [0.15, 0.2) is 35.7 Å². The van der Waals surface area contributed by atoms with Crippen LogP contribution in [-0.2, 0) is 11.3 Å². The Morgan fingerprint density at radius 1 is 1.36 bits per heavy atom. The molecular weight excluding hydrogens is 356 g/mol. The molecule has 7 heteroatoms. The van der Waals surface area contributed by atoms with Crippen LogP contribution in [0.5, 0.6) is 0 Å². The van der Waals surface area contributed by atoms with Gasteiger partial charge in [-0.1, -0.05) is 30.3 Å². The Kier molecular flexibility index (Phi) is 7.84. The quantitative estimate of drug-likeness (QED) is 0.807. The van der Waals surface area contributed by atoms with Crippen LogP contribution < -0.4 is 11.1 Å². The number of nitrogens with zero attached hydrogens (tertiary/aromatic N) is 2. The minimum absolute atomic E-state index is 0. The Balaban J connectivity index is 0.00000225. The molecule has 3 rings (SSSR count). The average molecular weight is 381 g/mol. The van der Waals surface area contributed by atoms with Crippen molar-refractivity contribution in [3.8, 4) is 10.6 Å². The molecule has 0 aliphatic carbocycles. The molecule has 0 saturated carbocycles. The van der Waals surface area contributed by atoms with Crippen molar-refractivity contribution < 1.29 is 4.79 Å². The van der Waals surface area contributed by atoms with Gasteiger partial charge in [0, 0.05) is 37.1 Å². The van der Waals surface area contributed by atoms with Crippen LogP contribution in [0.4, 0.5) is 0 Å². The first-order valence-corrected chi connectivity index (χ1v) is 9.34. The third-order valence-electron chi connectivity index (χ3n) is 4.28. The number of aromatic nitrogens is 1. The van der Waals surface area contributed by atoms with Crippen molar-refractivity contribution >= 4 is 29.7 Å². The molecule has 1 atom stereocenters. The van der Waals surface area contributed by atoms with Crippen molar-refractivity contribution in [3.63, 3.8) is 0 Å². The SMILES string of the molecule is Cl.NCCNC(=O)C1CCCN(Cc2csc(-c3ccccc3)n2)C1. The number of rotatable bonds is 6. The number of thiazole rings is 1. The highest BCUT2D eigenvalue weighted by molar-refractivity contribution is 7.13. The van der Waals surface area contributed by atoms with E-state index in [1.807, 2.05) is 18.2 Å². The van der Waals surface area contributed by atoms with Crippen molar-refractivity contribution in [1.82, 2.24) is 15.2 Å². The lowest BCUT2D eigenvalue weighted by Crippen LogP contribution is -2.43. The molecule has 2 heterocycles. The molecule has 2 aromatic rings. The normalized spacial score (nSPS) is 17.7. The largest absolute Gasteiger partial charge is 0.355 e. The van der Waals surface area contributed by atoms with E-state index in [0.29, 0.717) is 13.1 Å². The fourth-order valence-electron chi connectivity index (χ4n) is 3.07. The molecule has 1 aromatic carbocycles. The molecule has 0 spiro atoms. The molecule has 25 heavy (non-hydrogen) atoms. The van der Waals surface area contributed by atoms with Crippen molar-refractivity contribution in [2.75, 3.05) is 26.2 Å². The highest BCUT2D eigenvalue weighted by Crippen LogP contribution is 2.25. The van der Waals surface area contributed by atoms with Crippen LogP contribution in [0.3, 0.4) is 0 Å². The van der Waals surface area contributed by atoms with Gasteiger partial charge in [-0.2, -0.15) is 0 Å². The zero-order chi connectivity index (χ0) is 16.8. The summed E-state index contributed by atoms with van der Waals surface area (Å²) in [7, 11) is 0. The van der Waals surface area contributed by atoms with Gasteiger partial charge in [-0.3, -0.25) is 9.69 Å². The molecule has 5 nitrogen and oxygen atoms in total. The number of piperidine rings is 1. The van der Waals surface area contributed by atoms with Crippen LogP contribution in [-0.4, -0.2) is 42.0 Å². The third kappa shape index (κ3) is 5.51. The van der Waals surface area contributed by atoms with E-state index in [2.05, 4.69) is 27.7 Å². The number of hydrogen-bond acceptors (Lipinski definition) is 5. The van der Waals surface area contributed by atoms with Crippen molar-refractivity contribution in [2.24, 2.45) is 11.7 Å². The maximum atomic E-state index is 12.1. The van der Waals surface area contributed by atoms with Crippen LogP contribution in [0, 0.1) is 5.92 Å². The number of carbonyl (C=O) groups is 1. The molecular formula is C18H25ClN4OS. The van der Waals surface area contributed by atoms with Gasteiger partial charge in [-0.05, 0) is 19.4 Å². The summed E-state index contributed by atoms with van der Waals surface area (Å²) in [4.78, 5) is 19.2. The number of hydrogen-bond donors (Lipinski definition) is 2. The van der Waals surface area contributed by atoms with Crippen molar-refractivity contribution in [1.29, 1.82) is 0 Å². The Bertz CT molecular complexity index is 664. The fourth-order valence-corrected chi connectivity index (χ4v) is 3.89. The van der Waals surface area contributed by atoms with Gasteiger partial charge < -0.3 is 11.1 Å². The molecule has 0 radical (unpaired) electrons. The molecule has 1 saturated heterocycles. The predicted molar refractivity (Wildman–Crippen MR) is 105 cm³/mol. The molecule has 1 unspecified atom stereocenters. The lowest BCUT2D eigenvalue weighted by molar-refractivity contribution is -0.126. The first-order valence-electron chi connectivity index (χ1n) is 8.46. The summed E-state index contributed by atoms with van der Waals surface area (Å²) < 4.78 is 0. The summed E-state index contributed by atoms with van der Waals surface area (Å²) in [6.07, 6.45) is 2.01. The Labute approximate surface area is 159 Å². The Morgan fingerprint density at radius 2 is 2.16 bits per heavy atom. The summed E-state index contributed by atoms with van der Waals surface area (Å²) in [6.45, 7) is 3.68. The molecule has 1 aromatic heterocycles. The number of nitrogens with one attached hydrogen (secondary N) is 1. The highest BCUT2D eigenvalue weighted by atomic mass is 35.5. The summed E-state index contributed by atoms with van der Waals surface area (Å²) in [5.74, 6) is 0.200. The molecule has 1 aliphatic heterocycles. The van der Waals surface area contributed by atoms with E-state index >= 15 is 0 Å². The zero-order valence-electron chi connectivity index (χ0n) is 14.2. The van der Waals surface area contributed by atoms with Gasteiger partial charge in [0.15, 0.2) is 0 Å². The van der Waals surface area contributed by atoms with E-state index in [0.717, 1.165) is 48.7 Å². The van der Waals surface area contributed by atoms with Gasteiger partial charge in [0.2, 0.25) is 5.91 Å². The predicted octanol–water partition coefficient (Wildman–Crippen LogP) is 2.52. The average Bonchev–Trinajstić information content (AvgIpc) is 3.09. The van der Waals surface area contributed by atoms with Crippen LogP contribution in [0.25, 0.3) is 10.6 Å². The number of carbonyl (C=O) groups excluding carboxylic acids is 1. The molecule has 1 fully saturated rings. The van der Waals surface area contributed by atoms with E-state index in [1.165, 1.54) is 0 Å². The number of likely N-dealkylation sites (tertiary alicyclic amines) is 1. The zero-order valence-corrected chi connectivity index (χ0v) is 15.8. The highest BCUT2D eigenvalue weighted by Gasteiger charge is 2.25. The van der Waals surface area contributed by atoms with Gasteiger partial charge in [0.05, 0.1) is 11.6 Å². The molecule has 3 N–H and O–H groups in total. The second kappa shape index (κ2) is 9.87. The Hall–Kier alpha value is -1.47. The molecule has 1 amide bonds. The van der Waals surface area contributed by atoms with Crippen LogP contribution >= 0.6 is 23.7 Å². The minimum atomic E-state index is 0. The van der Waals surface area contributed by atoms with Crippen LogP contribution in [0.1, 0.15) is 18.5 Å². The van der Waals surface area contributed by atoms with Gasteiger partial charge >= 0.3 is 0 Å². The van der Waals surface area contributed by atoms with Gasteiger partial charge in [0.1, 0.15) is 5.01 Å². The molecule has 0 bridgehead atoms. The number of amides is 1. The first-order chi connectivity index (χ1) is 11.8. The monoisotopic (exact) mass is 380 g/mol. The topological polar surface area (TPSA) is 71.2 Å². The lowest BCUT2D eigenvalue weighted by Gasteiger charge is -2.31. The lowest BCUT2D eigenvalue weighted by atomic mass is 9.97. The summed E-state index contributed by atoms with van der Waals surface area (Å²) in [5, 5.41) is 6.09. The van der Waals surface area contributed by atoms with Crippen molar-refractivity contribution in [2.45, 2.75) is 19.4 Å². The van der Waals surface area contributed by atoms with Crippen LogP contribution in [0.2, 0.25) is 0 Å². The third-order valence-corrected chi connectivity index (χ3v) is 5.22. The standard InChI is InChI=1S/C18H24N4OS.ClH/c19-8-9-20-17(23)15-7-4-10-22(11-15)12-16-13-24-18(21-16)14-5-2-1-3-6-14;/h1-3,5-6,13,15H,4,7-12,19H2,(H,20,23);1H. The maximum absolute atomic E-state index is 12.1. The van der Waals surface area contributed by atoms with Crippen molar-refractivity contribution in [3.05, 3.63) is 41.4 Å². The second-order valence-electron chi connectivity index (χ2n) is 6.16.